The molecule has 1 aromatic heterocycles. The SMILES string of the molecule is O=C(CSc1ccc2c(c1)CCC2)OCc1nc2ccc(Cl)cc2c(=O)[nH]1. The van der Waals surface area contributed by atoms with Crippen LogP contribution in [0.1, 0.15) is 23.4 Å². The van der Waals surface area contributed by atoms with Crippen LogP contribution in [0.5, 0.6) is 0 Å². The maximum absolute atomic E-state index is 12.1. The van der Waals surface area contributed by atoms with Crippen LogP contribution in [0.4, 0.5) is 0 Å². The molecule has 3 aromatic rings. The van der Waals surface area contributed by atoms with E-state index in [4.69, 9.17) is 16.3 Å². The number of rotatable bonds is 5. The maximum Gasteiger partial charge on any atom is 0.316 e. The number of hydrogen-bond donors (Lipinski definition) is 1. The fourth-order valence-electron chi connectivity index (χ4n) is 3.20. The van der Waals surface area contributed by atoms with Gasteiger partial charge in [0.2, 0.25) is 0 Å². The van der Waals surface area contributed by atoms with Gasteiger partial charge < -0.3 is 9.72 Å². The summed E-state index contributed by atoms with van der Waals surface area (Å²) >= 11 is 7.35. The average Bonchev–Trinajstić information content (AvgIpc) is 3.13. The normalized spacial score (nSPS) is 12.9. The van der Waals surface area contributed by atoms with Crippen LogP contribution in [0.15, 0.2) is 46.1 Å². The third-order valence-corrected chi connectivity index (χ3v) is 5.72. The van der Waals surface area contributed by atoms with Crippen LogP contribution in [-0.4, -0.2) is 21.7 Å². The molecule has 1 aliphatic rings. The second kappa shape index (κ2) is 7.74. The van der Waals surface area contributed by atoms with Crippen LogP contribution < -0.4 is 5.56 Å². The van der Waals surface area contributed by atoms with E-state index in [1.54, 1.807) is 18.2 Å². The first-order chi connectivity index (χ1) is 13.1. The standard InChI is InChI=1S/C20H17ClN2O3S/c21-14-5-7-17-16(9-14)20(25)23-18(22-17)10-26-19(24)11-27-15-6-4-12-2-1-3-13(12)8-15/h4-9H,1-3,10-11H2,(H,22,23,25). The molecule has 0 radical (unpaired) electrons. The molecule has 0 bridgehead atoms. The van der Waals surface area contributed by atoms with Crippen molar-refractivity contribution in [3.05, 3.63) is 68.7 Å². The Morgan fingerprint density at radius 1 is 1.19 bits per heavy atom. The van der Waals surface area contributed by atoms with E-state index in [2.05, 4.69) is 28.2 Å². The molecule has 0 amide bonds. The van der Waals surface area contributed by atoms with Gasteiger partial charge in [-0.25, -0.2) is 4.98 Å². The molecule has 5 nitrogen and oxygen atoms in total. The lowest BCUT2D eigenvalue weighted by molar-refractivity contribution is -0.141. The van der Waals surface area contributed by atoms with Crippen LogP contribution in [-0.2, 0) is 29.0 Å². The Hall–Kier alpha value is -2.31. The molecule has 27 heavy (non-hydrogen) atoms. The first-order valence-corrected chi connectivity index (χ1v) is 10.0. The molecular weight excluding hydrogens is 384 g/mol. The molecule has 7 heteroatoms. The number of aromatic amines is 1. The molecule has 0 saturated carbocycles. The number of aromatic nitrogens is 2. The zero-order valence-electron chi connectivity index (χ0n) is 14.5. The number of halogens is 1. The summed E-state index contributed by atoms with van der Waals surface area (Å²) in [5.74, 6) is 0.178. The predicted octanol–water partition coefficient (Wildman–Crippen LogP) is 3.90. The summed E-state index contributed by atoms with van der Waals surface area (Å²) in [5, 5.41) is 0.877. The molecule has 0 saturated heterocycles. The minimum Gasteiger partial charge on any atom is -0.457 e. The van der Waals surface area contributed by atoms with Gasteiger partial charge in [-0.05, 0) is 60.7 Å². The van der Waals surface area contributed by atoms with Gasteiger partial charge in [0.25, 0.3) is 5.56 Å². The molecule has 1 aliphatic carbocycles. The van der Waals surface area contributed by atoms with Crippen LogP contribution in [0.25, 0.3) is 10.9 Å². The van der Waals surface area contributed by atoms with E-state index < -0.39 is 0 Å². The summed E-state index contributed by atoms with van der Waals surface area (Å²) in [6.07, 6.45) is 3.46. The molecule has 0 fully saturated rings. The molecule has 1 N–H and O–H groups in total. The van der Waals surface area contributed by atoms with Gasteiger partial charge in [-0.2, -0.15) is 0 Å². The van der Waals surface area contributed by atoms with Crippen LogP contribution in [0.2, 0.25) is 5.02 Å². The number of thioether (sulfide) groups is 1. The molecule has 2 aromatic carbocycles. The first-order valence-electron chi connectivity index (χ1n) is 8.67. The average molecular weight is 401 g/mol. The van der Waals surface area contributed by atoms with Crippen molar-refractivity contribution in [1.82, 2.24) is 9.97 Å². The van der Waals surface area contributed by atoms with E-state index in [1.807, 2.05) is 0 Å². The highest BCUT2D eigenvalue weighted by Crippen LogP contribution is 2.27. The predicted molar refractivity (Wildman–Crippen MR) is 106 cm³/mol. The molecule has 1 heterocycles. The van der Waals surface area contributed by atoms with E-state index in [0.717, 1.165) is 17.7 Å². The summed E-state index contributed by atoms with van der Waals surface area (Å²) in [6, 6.07) is 11.3. The molecule has 0 atom stereocenters. The van der Waals surface area contributed by atoms with Crippen molar-refractivity contribution in [2.75, 3.05) is 5.75 Å². The Labute approximate surface area is 165 Å². The minimum atomic E-state index is -0.348. The molecule has 4 rings (SSSR count). The summed E-state index contributed by atoms with van der Waals surface area (Å²) in [7, 11) is 0. The van der Waals surface area contributed by atoms with Gasteiger partial charge >= 0.3 is 5.97 Å². The number of nitrogens with zero attached hydrogens (tertiary/aromatic N) is 1. The third kappa shape index (κ3) is 4.17. The topological polar surface area (TPSA) is 72.0 Å². The van der Waals surface area contributed by atoms with Crippen molar-refractivity contribution in [2.24, 2.45) is 0 Å². The van der Waals surface area contributed by atoms with E-state index >= 15 is 0 Å². The number of fused-ring (bicyclic) bond motifs is 2. The molecule has 138 valence electrons. The number of esters is 1. The molecular formula is C20H17ClN2O3S. The second-order valence-corrected chi connectivity index (χ2v) is 7.89. The number of carbonyl (C=O) groups excluding carboxylic acids is 1. The Balaban J connectivity index is 1.36. The number of hydrogen-bond acceptors (Lipinski definition) is 5. The fraction of sp³-hybridized carbons (Fsp3) is 0.250. The number of carbonyl (C=O) groups is 1. The largest absolute Gasteiger partial charge is 0.457 e. The van der Waals surface area contributed by atoms with Crippen LogP contribution in [0, 0.1) is 0 Å². The van der Waals surface area contributed by atoms with Gasteiger partial charge in [0.05, 0.1) is 16.7 Å². The quantitative estimate of drug-likeness (QED) is 0.519. The highest BCUT2D eigenvalue weighted by molar-refractivity contribution is 8.00. The van der Waals surface area contributed by atoms with Crippen LogP contribution in [0.3, 0.4) is 0 Å². The Morgan fingerprint density at radius 2 is 2.04 bits per heavy atom. The van der Waals surface area contributed by atoms with Gasteiger partial charge in [0.1, 0.15) is 12.4 Å². The number of H-pyrrole nitrogens is 1. The summed E-state index contributed by atoms with van der Waals surface area (Å²) in [6.45, 7) is -0.0720. The number of aryl methyl sites for hydroxylation is 2. The van der Waals surface area contributed by atoms with Crippen molar-refractivity contribution >= 4 is 40.2 Å². The molecule has 0 spiro atoms. The van der Waals surface area contributed by atoms with Crippen LogP contribution >= 0.6 is 23.4 Å². The van der Waals surface area contributed by atoms with Gasteiger partial charge in [0, 0.05) is 9.92 Å². The Bertz CT molecular complexity index is 1080. The Morgan fingerprint density at radius 3 is 2.93 bits per heavy atom. The third-order valence-electron chi connectivity index (χ3n) is 4.51. The Kier molecular flexibility index (Phi) is 5.18. The lowest BCUT2D eigenvalue weighted by Crippen LogP contribution is -2.15. The smallest absolute Gasteiger partial charge is 0.316 e. The lowest BCUT2D eigenvalue weighted by atomic mass is 10.1. The highest BCUT2D eigenvalue weighted by atomic mass is 35.5. The highest BCUT2D eigenvalue weighted by Gasteiger charge is 2.12. The molecule has 0 aliphatic heterocycles. The van der Waals surface area contributed by atoms with E-state index in [1.165, 1.54) is 29.3 Å². The van der Waals surface area contributed by atoms with Crippen molar-refractivity contribution in [2.45, 2.75) is 30.8 Å². The summed E-state index contributed by atoms with van der Waals surface area (Å²) in [5.41, 5.74) is 3.00. The van der Waals surface area contributed by atoms with Crippen molar-refractivity contribution in [3.8, 4) is 0 Å². The van der Waals surface area contributed by atoms with Gasteiger partial charge in [-0.1, -0.05) is 17.7 Å². The van der Waals surface area contributed by atoms with Crippen molar-refractivity contribution in [3.63, 3.8) is 0 Å². The fourth-order valence-corrected chi connectivity index (χ4v) is 4.13. The monoisotopic (exact) mass is 400 g/mol. The van der Waals surface area contributed by atoms with E-state index in [-0.39, 0.29) is 23.9 Å². The van der Waals surface area contributed by atoms with Gasteiger partial charge in [-0.3, -0.25) is 9.59 Å². The summed E-state index contributed by atoms with van der Waals surface area (Å²) < 4.78 is 5.25. The lowest BCUT2D eigenvalue weighted by Gasteiger charge is -2.07. The number of nitrogens with one attached hydrogen (secondary N) is 1. The number of benzene rings is 2. The molecule has 0 unspecified atom stereocenters. The van der Waals surface area contributed by atoms with Gasteiger partial charge in [-0.15, -0.1) is 11.8 Å². The number of ether oxygens (including phenoxy) is 1. The maximum atomic E-state index is 12.1. The zero-order chi connectivity index (χ0) is 18.8. The van der Waals surface area contributed by atoms with Gasteiger partial charge in [0.15, 0.2) is 0 Å². The van der Waals surface area contributed by atoms with E-state index in [9.17, 15) is 9.59 Å². The zero-order valence-corrected chi connectivity index (χ0v) is 16.0. The van der Waals surface area contributed by atoms with Crippen molar-refractivity contribution in [1.29, 1.82) is 0 Å². The minimum absolute atomic E-state index is 0.0720. The van der Waals surface area contributed by atoms with Crippen molar-refractivity contribution < 1.29 is 9.53 Å². The second-order valence-electron chi connectivity index (χ2n) is 6.41. The van der Waals surface area contributed by atoms with E-state index in [0.29, 0.717) is 21.7 Å². The first kappa shape index (κ1) is 18.1. The summed E-state index contributed by atoms with van der Waals surface area (Å²) in [4.78, 5) is 32.1.